The molecule has 0 unspecified atom stereocenters. The largest absolute Gasteiger partial charge is 0.399 e. The van der Waals surface area contributed by atoms with Gasteiger partial charge in [0.2, 0.25) is 0 Å². The summed E-state index contributed by atoms with van der Waals surface area (Å²) in [6.07, 6.45) is 3.01. The molecule has 1 fully saturated rings. The van der Waals surface area contributed by atoms with Crippen molar-refractivity contribution in [2.75, 3.05) is 24.2 Å². The van der Waals surface area contributed by atoms with Crippen molar-refractivity contribution < 1.29 is 0 Å². The van der Waals surface area contributed by atoms with E-state index in [1.807, 2.05) is 18.2 Å². The quantitative estimate of drug-likeness (QED) is 0.785. The summed E-state index contributed by atoms with van der Waals surface area (Å²) in [5.74, 6) is 0. The lowest BCUT2D eigenvalue weighted by atomic mass is 10.0. The lowest BCUT2D eigenvalue weighted by molar-refractivity contribution is 0.524. The molecule has 0 radical (unpaired) electrons. The van der Waals surface area contributed by atoms with E-state index in [0.717, 1.165) is 17.9 Å². The van der Waals surface area contributed by atoms with Gasteiger partial charge < -0.3 is 10.6 Å². The van der Waals surface area contributed by atoms with Crippen molar-refractivity contribution in [3.63, 3.8) is 0 Å². The van der Waals surface area contributed by atoms with Crippen molar-refractivity contribution in [1.29, 1.82) is 5.26 Å². The Hall–Kier alpha value is -1.69. The highest BCUT2D eigenvalue weighted by Crippen LogP contribution is 2.49. The molecule has 2 N–H and O–H groups in total. The van der Waals surface area contributed by atoms with E-state index in [0.29, 0.717) is 6.42 Å². The third-order valence-electron chi connectivity index (χ3n) is 3.29. The summed E-state index contributed by atoms with van der Waals surface area (Å²) in [5.41, 5.74) is 7.92. The first-order valence-corrected chi connectivity index (χ1v) is 5.59. The summed E-state index contributed by atoms with van der Waals surface area (Å²) in [5, 5.41) is 8.78. The highest BCUT2D eigenvalue weighted by atomic mass is 15.1. The van der Waals surface area contributed by atoms with Gasteiger partial charge in [0.15, 0.2) is 0 Å². The normalized spacial score (nSPS) is 16.5. The first-order chi connectivity index (χ1) is 7.65. The Balaban J connectivity index is 2.04. The molecule has 0 saturated heterocycles. The fraction of sp³-hybridized carbons (Fsp3) is 0.462. The highest BCUT2D eigenvalue weighted by Gasteiger charge is 2.43. The molecule has 0 aliphatic heterocycles. The van der Waals surface area contributed by atoms with Crippen LogP contribution in [0.3, 0.4) is 0 Å². The van der Waals surface area contributed by atoms with E-state index in [4.69, 9.17) is 11.0 Å². The maximum Gasteiger partial charge on any atom is 0.0628 e. The number of nitrogen functional groups attached to an aromatic ring is 1. The van der Waals surface area contributed by atoms with Crippen molar-refractivity contribution >= 4 is 11.4 Å². The molecule has 3 nitrogen and oxygen atoms in total. The minimum Gasteiger partial charge on any atom is -0.399 e. The summed E-state index contributed by atoms with van der Waals surface area (Å²) in [7, 11) is 2.06. The van der Waals surface area contributed by atoms with Crippen LogP contribution in [-0.2, 0) is 0 Å². The Morgan fingerprint density at radius 2 is 2.25 bits per heavy atom. The summed E-state index contributed by atoms with van der Waals surface area (Å²) in [6.45, 7) is 0.948. The molecule has 1 aliphatic carbocycles. The van der Waals surface area contributed by atoms with Crippen molar-refractivity contribution in [2.24, 2.45) is 5.41 Å². The lowest BCUT2D eigenvalue weighted by Gasteiger charge is -2.24. The Morgan fingerprint density at radius 3 is 2.81 bits per heavy atom. The van der Waals surface area contributed by atoms with Gasteiger partial charge >= 0.3 is 0 Å². The van der Waals surface area contributed by atoms with E-state index in [1.54, 1.807) is 0 Å². The van der Waals surface area contributed by atoms with Crippen LogP contribution in [0.15, 0.2) is 24.3 Å². The monoisotopic (exact) mass is 215 g/mol. The van der Waals surface area contributed by atoms with Gasteiger partial charge in [-0.25, -0.2) is 0 Å². The van der Waals surface area contributed by atoms with E-state index >= 15 is 0 Å². The van der Waals surface area contributed by atoms with Gasteiger partial charge in [-0.15, -0.1) is 0 Å². The molecule has 0 heterocycles. The van der Waals surface area contributed by atoms with Gasteiger partial charge in [-0.05, 0) is 31.0 Å². The van der Waals surface area contributed by atoms with Gasteiger partial charge in [0, 0.05) is 36.8 Å². The zero-order valence-electron chi connectivity index (χ0n) is 9.61. The Labute approximate surface area is 96.5 Å². The van der Waals surface area contributed by atoms with Crippen LogP contribution in [0.25, 0.3) is 0 Å². The molecule has 1 aliphatic rings. The number of anilines is 2. The van der Waals surface area contributed by atoms with Crippen LogP contribution in [-0.4, -0.2) is 13.6 Å². The lowest BCUT2D eigenvalue weighted by Crippen LogP contribution is -2.26. The van der Waals surface area contributed by atoms with Gasteiger partial charge in [-0.1, -0.05) is 6.07 Å². The number of rotatable bonds is 4. The minimum atomic E-state index is 0.244. The third kappa shape index (κ3) is 2.27. The maximum atomic E-state index is 8.78. The third-order valence-corrected chi connectivity index (χ3v) is 3.29. The molecular weight excluding hydrogens is 198 g/mol. The minimum absolute atomic E-state index is 0.244. The molecule has 0 spiro atoms. The van der Waals surface area contributed by atoms with E-state index in [1.165, 1.54) is 12.8 Å². The molecule has 2 rings (SSSR count). The molecule has 1 aromatic carbocycles. The van der Waals surface area contributed by atoms with Crippen molar-refractivity contribution in [3.05, 3.63) is 24.3 Å². The average Bonchev–Trinajstić information content (AvgIpc) is 2.98. The predicted octanol–water partition coefficient (Wildman–Crippen LogP) is 2.40. The fourth-order valence-corrected chi connectivity index (χ4v) is 2.09. The standard InChI is InChI=1S/C13H17N3/c1-16(10-13(5-6-13)7-8-14)12-4-2-3-11(15)9-12/h2-4,9H,5-7,10,15H2,1H3. The second-order valence-corrected chi connectivity index (χ2v) is 4.79. The fourth-order valence-electron chi connectivity index (χ4n) is 2.09. The Kier molecular flexibility index (Phi) is 2.74. The van der Waals surface area contributed by atoms with Crippen LogP contribution in [0.4, 0.5) is 11.4 Å². The molecule has 1 aromatic rings. The Morgan fingerprint density at radius 1 is 1.50 bits per heavy atom. The van der Waals surface area contributed by atoms with Crippen LogP contribution in [0, 0.1) is 16.7 Å². The van der Waals surface area contributed by atoms with Crippen LogP contribution in [0.2, 0.25) is 0 Å². The van der Waals surface area contributed by atoms with E-state index in [-0.39, 0.29) is 5.41 Å². The molecule has 0 atom stereocenters. The topological polar surface area (TPSA) is 53.0 Å². The first kappa shape index (κ1) is 10.8. The van der Waals surface area contributed by atoms with Gasteiger partial charge in [0.05, 0.1) is 6.07 Å². The van der Waals surface area contributed by atoms with Crippen molar-refractivity contribution in [1.82, 2.24) is 0 Å². The number of nitriles is 1. The van der Waals surface area contributed by atoms with Crippen LogP contribution in [0.5, 0.6) is 0 Å². The van der Waals surface area contributed by atoms with E-state index in [2.05, 4.69) is 24.1 Å². The average molecular weight is 215 g/mol. The van der Waals surface area contributed by atoms with Crippen molar-refractivity contribution in [2.45, 2.75) is 19.3 Å². The zero-order chi connectivity index (χ0) is 11.6. The second-order valence-electron chi connectivity index (χ2n) is 4.79. The maximum absolute atomic E-state index is 8.78. The molecule has 3 heteroatoms. The SMILES string of the molecule is CN(CC1(CC#N)CC1)c1cccc(N)c1. The smallest absolute Gasteiger partial charge is 0.0628 e. The number of hydrogen-bond donors (Lipinski definition) is 1. The molecular formula is C13H17N3. The summed E-state index contributed by atoms with van der Waals surface area (Å²) in [6, 6.07) is 10.2. The molecule has 0 aromatic heterocycles. The first-order valence-electron chi connectivity index (χ1n) is 5.59. The molecule has 16 heavy (non-hydrogen) atoms. The second kappa shape index (κ2) is 4.05. The number of benzene rings is 1. The number of nitrogens with zero attached hydrogens (tertiary/aromatic N) is 2. The van der Waals surface area contributed by atoms with Crippen LogP contribution in [0.1, 0.15) is 19.3 Å². The van der Waals surface area contributed by atoms with Crippen LogP contribution >= 0.6 is 0 Å². The highest BCUT2D eigenvalue weighted by molar-refractivity contribution is 5.55. The molecule has 1 saturated carbocycles. The number of nitrogens with two attached hydrogens (primary N) is 1. The molecule has 0 amide bonds. The van der Waals surface area contributed by atoms with Crippen LogP contribution < -0.4 is 10.6 Å². The number of hydrogen-bond acceptors (Lipinski definition) is 3. The van der Waals surface area contributed by atoms with E-state index in [9.17, 15) is 0 Å². The van der Waals surface area contributed by atoms with Gasteiger partial charge in [0.1, 0.15) is 0 Å². The van der Waals surface area contributed by atoms with Gasteiger partial charge in [-0.3, -0.25) is 0 Å². The summed E-state index contributed by atoms with van der Waals surface area (Å²) >= 11 is 0. The Bertz CT molecular complexity index is 415. The van der Waals surface area contributed by atoms with Crippen molar-refractivity contribution in [3.8, 4) is 6.07 Å². The summed E-state index contributed by atoms with van der Waals surface area (Å²) in [4.78, 5) is 2.20. The van der Waals surface area contributed by atoms with Gasteiger partial charge in [-0.2, -0.15) is 5.26 Å². The predicted molar refractivity (Wildman–Crippen MR) is 66.0 cm³/mol. The van der Waals surface area contributed by atoms with Gasteiger partial charge in [0.25, 0.3) is 0 Å². The molecule has 84 valence electrons. The summed E-state index contributed by atoms with van der Waals surface area (Å²) < 4.78 is 0. The molecule has 0 bridgehead atoms. The van der Waals surface area contributed by atoms with E-state index < -0.39 is 0 Å². The zero-order valence-corrected chi connectivity index (χ0v) is 9.61.